The smallest absolute Gasteiger partial charge is 0.305 e. The molecule has 4 nitrogen and oxygen atoms in total. The SMILES string of the molecule is N[C@@H](CC(=O)O)C(=O)C1CC=CCC1. The van der Waals surface area contributed by atoms with Crippen LogP contribution in [0, 0.1) is 5.92 Å². The molecule has 0 spiro atoms. The van der Waals surface area contributed by atoms with Crippen LogP contribution in [-0.4, -0.2) is 22.9 Å². The fourth-order valence-corrected chi connectivity index (χ4v) is 1.64. The van der Waals surface area contributed by atoms with E-state index in [1.165, 1.54) is 0 Å². The van der Waals surface area contributed by atoms with Gasteiger partial charge in [-0.3, -0.25) is 9.59 Å². The Kier molecular flexibility index (Phi) is 3.83. The highest BCUT2D eigenvalue weighted by Gasteiger charge is 2.25. The van der Waals surface area contributed by atoms with E-state index >= 15 is 0 Å². The number of allylic oxidation sites excluding steroid dienone is 2. The maximum absolute atomic E-state index is 11.6. The van der Waals surface area contributed by atoms with Crippen LogP contribution in [0.15, 0.2) is 12.2 Å². The predicted molar refractivity (Wildman–Crippen MR) is 51.7 cm³/mol. The van der Waals surface area contributed by atoms with Gasteiger partial charge in [-0.1, -0.05) is 12.2 Å². The van der Waals surface area contributed by atoms with Gasteiger partial charge in [-0.2, -0.15) is 0 Å². The number of Topliss-reactive ketones (excluding diaryl/α,β-unsaturated/α-hetero) is 1. The first kappa shape index (κ1) is 10.9. The fraction of sp³-hybridized carbons (Fsp3) is 0.600. The van der Waals surface area contributed by atoms with Gasteiger partial charge in [-0.05, 0) is 19.3 Å². The van der Waals surface area contributed by atoms with Gasteiger partial charge in [0.05, 0.1) is 12.5 Å². The maximum Gasteiger partial charge on any atom is 0.305 e. The summed E-state index contributed by atoms with van der Waals surface area (Å²) in [4.78, 5) is 22.0. The molecule has 0 aromatic carbocycles. The average molecular weight is 197 g/mol. The van der Waals surface area contributed by atoms with Crippen molar-refractivity contribution < 1.29 is 14.7 Å². The summed E-state index contributed by atoms with van der Waals surface area (Å²) in [5.74, 6) is -1.21. The van der Waals surface area contributed by atoms with Gasteiger partial charge in [0.15, 0.2) is 5.78 Å². The number of nitrogens with two attached hydrogens (primary N) is 1. The van der Waals surface area contributed by atoms with Crippen molar-refractivity contribution in [1.29, 1.82) is 0 Å². The molecule has 0 bridgehead atoms. The molecule has 2 atom stereocenters. The number of ketones is 1. The van der Waals surface area contributed by atoms with Crippen molar-refractivity contribution in [3.8, 4) is 0 Å². The second kappa shape index (κ2) is 4.91. The molecular formula is C10H15NO3. The van der Waals surface area contributed by atoms with Crippen LogP contribution in [-0.2, 0) is 9.59 Å². The summed E-state index contributed by atoms with van der Waals surface area (Å²) in [6, 6.07) is -0.844. The first-order valence-corrected chi connectivity index (χ1v) is 4.77. The normalized spacial score (nSPS) is 23.1. The highest BCUT2D eigenvalue weighted by molar-refractivity contribution is 5.89. The van der Waals surface area contributed by atoms with E-state index in [1.807, 2.05) is 12.2 Å². The van der Waals surface area contributed by atoms with Crippen LogP contribution in [0.1, 0.15) is 25.7 Å². The summed E-state index contributed by atoms with van der Waals surface area (Å²) in [5, 5.41) is 8.48. The summed E-state index contributed by atoms with van der Waals surface area (Å²) in [6.07, 6.45) is 6.11. The number of aliphatic carboxylic acids is 1. The fourth-order valence-electron chi connectivity index (χ4n) is 1.64. The molecule has 0 heterocycles. The molecule has 4 heteroatoms. The van der Waals surface area contributed by atoms with E-state index in [4.69, 9.17) is 10.8 Å². The van der Waals surface area contributed by atoms with Gasteiger partial charge in [0.1, 0.15) is 0 Å². The number of hydrogen-bond acceptors (Lipinski definition) is 3. The van der Waals surface area contributed by atoms with Gasteiger partial charge < -0.3 is 10.8 Å². The predicted octanol–water partition coefficient (Wildman–Crippen LogP) is 0.714. The first-order chi connectivity index (χ1) is 6.61. The average Bonchev–Trinajstić information content (AvgIpc) is 2.17. The van der Waals surface area contributed by atoms with Crippen LogP contribution in [0.2, 0.25) is 0 Å². The Morgan fingerprint density at radius 1 is 1.50 bits per heavy atom. The third kappa shape index (κ3) is 2.96. The van der Waals surface area contributed by atoms with Gasteiger partial charge >= 0.3 is 5.97 Å². The Labute approximate surface area is 82.8 Å². The van der Waals surface area contributed by atoms with Crippen LogP contribution >= 0.6 is 0 Å². The molecule has 1 aliphatic rings. The number of rotatable bonds is 4. The minimum Gasteiger partial charge on any atom is -0.481 e. The molecule has 0 radical (unpaired) electrons. The van der Waals surface area contributed by atoms with Gasteiger partial charge in [0.25, 0.3) is 0 Å². The molecule has 0 amide bonds. The molecule has 0 saturated heterocycles. The van der Waals surface area contributed by atoms with Gasteiger partial charge in [-0.25, -0.2) is 0 Å². The summed E-state index contributed by atoms with van der Waals surface area (Å²) < 4.78 is 0. The zero-order valence-electron chi connectivity index (χ0n) is 7.98. The number of carbonyl (C=O) groups is 2. The second-order valence-corrected chi connectivity index (χ2v) is 3.59. The van der Waals surface area contributed by atoms with Crippen molar-refractivity contribution in [3.63, 3.8) is 0 Å². The third-order valence-corrected chi connectivity index (χ3v) is 2.43. The van der Waals surface area contributed by atoms with Crippen LogP contribution in [0.3, 0.4) is 0 Å². The molecule has 1 rings (SSSR count). The van der Waals surface area contributed by atoms with Crippen molar-refractivity contribution in [2.45, 2.75) is 31.7 Å². The Morgan fingerprint density at radius 3 is 2.71 bits per heavy atom. The molecular weight excluding hydrogens is 182 g/mol. The van der Waals surface area contributed by atoms with Crippen molar-refractivity contribution in [2.24, 2.45) is 11.7 Å². The number of hydrogen-bond donors (Lipinski definition) is 2. The molecule has 0 aromatic heterocycles. The lowest BCUT2D eigenvalue weighted by molar-refractivity contribution is -0.139. The zero-order valence-corrected chi connectivity index (χ0v) is 7.98. The lowest BCUT2D eigenvalue weighted by Gasteiger charge is -2.19. The topological polar surface area (TPSA) is 80.4 Å². The van der Waals surface area contributed by atoms with Gasteiger partial charge in [-0.15, -0.1) is 0 Å². The zero-order chi connectivity index (χ0) is 10.6. The van der Waals surface area contributed by atoms with Crippen molar-refractivity contribution in [2.75, 3.05) is 0 Å². The number of carbonyl (C=O) groups excluding carboxylic acids is 1. The van der Waals surface area contributed by atoms with Crippen LogP contribution in [0.5, 0.6) is 0 Å². The Hall–Kier alpha value is -1.16. The van der Waals surface area contributed by atoms with Crippen molar-refractivity contribution in [3.05, 3.63) is 12.2 Å². The van der Waals surface area contributed by atoms with E-state index in [0.717, 1.165) is 12.8 Å². The molecule has 3 N–H and O–H groups in total. The summed E-state index contributed by atoms with van der Waals surface area (Å²) in [5.41, 5.74) is 5.49. The lowest BCUT2D eigenvalue weighted by Crippen LogP contribution is -2.37. The molecule has 1 aliphatic carbocycles. The molecule has 14 heavy (non-hydrogen) atoms. The van der Waals surface area contributed by atoms with Gasteiger partial charge in [0.2, 0.25) is 0 Å². The third-order valence-electron chi connectivity index (χ3n) is 2.43. The van der Waals surface area contributed by atoms with Gasteiger partial charge in [0, 0.05) is 5.92 Å². The molecule has 78 valence electrons. The molecule has 0 saturated carbocycles. The highest BCUT2D eigenvalue weighted by Crippen LogP contribution is 2.20. The Balaban J connectivity index is 2.47. The Bertz CT molecular complexity index is 260. The summed E-state index contributed by atoms with van der Waals surface area (Å²) in [6.45, 7) is 0. The van der Waals surface area contributed by atoms with Crippen LogP contribution in [0.4, 0.5) is 0 Å². The minimum absolute atomic E-state index is 0.0747. The molecule has 0 aliphatic heterocycles. The second-order valence-electron chi connectivity index (χ2n) is 3.59. The lowest BCUT2D eigenvalue weighted by atomic mass is 9.87. The Morgan fingerprint density at radius 2 is 2.21 bits per heavy atom. The molecule has 0 aromatic rings. The maximum atomic E-state index is 11.6. The van der Waals surface area contributed by atoms with E-state index in [-0.39, 0.29) is 18.1 Å². The summed E-state index contributed by atoms with van der Waals surface area (Å²) >= 11 is 0. The van der Waals surface area contributed by atoms with E-state index in [2.05, 4.69) is 0 Å². The first-order valence-electron chi connectivity index (χ1n) is 4.77. The summed E-state index contributed by atoms with van der Waals surface area (Å²) in [7, 11) is 0. The quantitative estimate of drug-likeness (QED) is 0.650. The van der Waals surface area contributed by atoms with E-state index in [1.54, 1.807) is 0 Å². The number of carboxylic acids is 1. The van der Waals surface area contributed by atoms with E-state index in [9.17, 15) is 9.59 Å². The van der Waals surface area contributed by atoms with Crippen LogP contribution in [0.25, 0.3) is 0 Å². The van der Waals surface area contributed by atoms with E-state index < -0.39 is 12.0 Å². The largest absolute Gasteiger partial charge is 0.481 e. The monoisotopic (exact) mass is 197 g/mol. The van der Waals surface area contributed by atoms with Crippen molar-refractivity contribution >= 4 is 11.8 Å². The molecule has 1 unspecified atom stereocenters. The minimum atomic E-state index is -1.02. The standard InChI is InChI=1S/C10H15NO3/c11-8(6-9(12)13)10(14)7-4-2-1-3-5-7/h1-2,7-8H,3-6,11H2,(H,12,13)/t7?,8-/m0/s1. The molecule has 0 fully saturated rings. The van der Waals surface area contributed by atoms with E-state index in [0.29, 0.717) is 6.42 Å². The van der Waals surface area contributed by atoms with Crippen molar-refractivity contribution in [1.82, 2.24) is 0 Å². The van der Waals surface area contributed by atoms with Crippen LogP contribution < -0.4 is 5.73 Å². The highest BCUT2D eigenvalue weighted by atomic mass is 16.4. The number of carboxylic acid groups (broad SMARTS) is 1.